The van der Waals surface area contributed by atoms with Crippen LogP contribution in [0.25, 0.3) is 0 Å². The van der Waals surface area contributed by atoms with Crippen molar-refractivity contribution in [3.8, 4) is 0 Å². The van der Waals surface area contributed by atoms with Gasteiger partial charge in [0, 0.05) is 37.4 Å². The molecule has 3 aliphatic rings. The second kappa shape index (κ2) is 11.0. The normalized spacial score (nSPS) is 25.5. The van der Waals surface area contributed by atoms with Crippen LogP contribution in [0.5, 0.6) is 0 Å². The lowest BCUT2D eigenvalue weighted by Gasteiger charge is -2.42. The number of nitrogens with one attached hydrogen (secondary N) is 2. The first-order valence-electron chi connectivity index (χ1n) is 13.3. The highest BCUT2D eigenvalue weighted by molar-refractivity contribution is 5.89. The number of anilines is 1. The number of carbonyl (C=O) groups excluding carboxylic acids is 1. The first kappa shape index (κ1) is 28.3. The molecule has 0 unspecified atom stereocenters. The van der Waals surface area contributed by atoms with Crippen LogP contribution < -0.4 is 10.6 Å². The van der Waals surface area contributed by atoms with Crippen LogP contribution in [-0.4, -0.2) is 59.3 Å². The number of carboxylic acids is 1. The van der Waals surface area contributed by atoms with Gasteiger partial charge in [0.1, 0.15) is 17.2 Å². The summed E-state index contributed by atoms with van der Waals surface area (Å²) in [6.07, 6.45) is -1.11. The number of rotatable bonds is 8. The van der Waals surface area contributed by atoms with Gasteiger partial charge in [-0.1, -0.05) is 0 Å². The van der Waals surface area contributed by atoms with Crippen LogP contribution in [0.4, 0.5) is 27.6 Å². The van der Waals surface area contributed by atoms with E-state index in [0.29, 0.717) is 37.7 Å². The number of halogens is 5. The van der Waals surface area contributed by atoms with Gasteiger partial charge in [0.25, 0.3) is 5.91 Å². The van der Waals surface area contributed by atoms with Gasteiger partial charge in [0.15, 0.2) is 0 Å². The van der Waals surface area contributed by atoms with E-state index < -0.39 is 46.4 Å². The van der Waals surface area contributed by atoms with E-state index in [2.05, 4.69) is 15.5 Å². The van der Waals surface area contributed by atoms with Gasteiger partial charge in [-0.2, -0.15) is 13.2 Å². The van der Waals surface area contributed by atoms with Crippen molar-refractivity contribution in [2.75, 3.05) is 25.0 Å². The number of nitrogens with zero attached hydrogens (tertiary/aromatic N) is 1. The quantitative estimate of drug-likeness (QED) is 0.397. The minimum absolute atomic E-state index is 0.0209. The van der Waals surface area contributed by atoms with Crippen LogP contribution in [0.15, 0.2) is 36.4 Å². The maximum Gasteiger partial charge on any atom is 0.416 e. The van der Waals surface area contributed by atoms with Crippen molar-refractivity contribution in [2.24, 2.45) is 5.92 Å². The summed E-state index contributed by atoms with van der Waals surface area (Å²) >= 11 is 0. The predicted octanol–water partition coefficient (Wildman–Crippen LogP) is 4.81. The Bertz CT molecular complexity index is 1280. The fourth-order valence-electron chi connectivity index (χ4n) is 5.81. The number of hydrogen-bond acceptors (Lipinski definition) is 5. The highest BCUT2D eigenvalue weighted by Gasteiger charge is 2.54. The van der Waals surface area contributed by atoms with Crippen molar-refractivity contribution < 1.29 is 41.4 Å². The zero-order chi connectivity index (χ0) is 28.7. The van der Waals surface area contributed by atoms with E-state index in [1.54, 1.807) is 0 Å². The fourth-order valence-corrected chi connectivity index (χ4v) is 5.81. The van der Waals surface area contributed by atoms with Gasteiger partial charge in [0.05, 0.1) is 17.7 Å². The summed E-state index contributed by atoms with van der Waals surface area (Å²) in [6, 6.07) is 6.22. The van der Waals surface area contributed by atoms with Crippen LogP contribution >= 0.6 is 0 Å². The molecule has 2 heterocycles. The Morgan fingerprint density at radius 3 is 2.50 bits per heavy atom. The average molecular weight is 568 g/mol. The van der Waals surface area contributed by atoms with Gasteiger partial charge < -0.3 is 20.5 Å². The molecule has 12 heteroatoms. The Hall–Kier alpha value is -3.25. The van der Waals surface area contributed by atoms with E-state index in [-0.39, 0.29) is 30.1 Å². The molecule has 3 atom stereocenters. The highest BCUT2D eigenvalue weighted by atomic mass is 19.4. The van der Waals surface area contributed by atoms with Gasteiger partial charge in [-0.15, -0.1) is 0 Å². The lowest BCUT2D eigenvalue weighted by molar-refractivity contribution is -0.164. The predicted molar refractivity (Wildman–Crippen MR) is 135 cm³/mol. The summed E-state index contributed by atoms with van der Waals surface area (Å²) in [5.74, 6) is -3.51. The smallest absolute Gasteiger partial charge is 0.416 e. The van der Waals surface area contributed by atoms with Crippen molar-refractivity contribution in [3.05, 3.63) is 64.7 Å². The summed E-state index contributed by atoms with van der Waals surface area (Å²) in [5, 5.41) is 15.1. The largest absolute Gasteiger partial charge is 0.478 e. The average Bonchev–Trinajstić information content (AvgIpc) is 3.67. The molecule has 3 fully saturated rings. The van der Waals surface area contributed by atoms with E-state index in [0.717, 1.165) is 44.0 Å². The third-order valence-corrected chi connectivity index (χ3v) is 8.05. The molecule has 0 spiro atoms. The van der Waals surface area contributed by atoms with E-state index in [4.69, 9.17) is 9.84 Å². The minimum Gasteiger partial charge on any atom is -0.478 e. The van der Waals surface area contributed by atoms with Gasteiger partial charge in [-0.25, -0.2) is 13.6 Å². The molecule has 2 aliphatic heterocycles. The Labute approximate surface area is 227 Å². The second-order valence-electron chi connectivity index (χ2n) is 10.8. The molecule has 7 nitrogen and oxygen atoms in total. The SMILES string of the molecule is O=C(O)c1cc(N[C@H]2CCN([C@@H]3CC[C@@](C(=O)NCc4cc(F)cc(C(F)(F)F)c4)(C4CC4)OC3)C2)ccc1F. The molecular weight excluding hydrogens is 537 g/mol. The number of amides is 1. The number of benzene rings is 2. The van der Waals surface area contributed by atoms with E-state index >= 15 is 0 Å². The maximum absolute atomic E-state index is 13.8. The van der Waals surface area contributed by atoms with Crippen molar-refractivity contribution >= 4 is 17.6 Å². The van der Waals surface area contributed by atoms with Crippen molar-refractivity contribution in [1.82, 2.24) is 10.2 Å². The van der Waals surface area contributed by atoms with Crippen molar-refractivity contribution in [3.63, 3.8) is 0 Å². The lowest BCUT2D eigenvalue weighted by atomic mass is 9.86. The zero-order valence-electron chi connectivity index (χ0n) is 21.6. The van der Waals surface area contributed by atoms with Crippen LogP contribution in [0.2, 0.25) is 0 Å². The van der Waals surface area contributed by atoms with E-state index in [9.17, 15) is 31.5 Å². The Kier molecular flexibility index (Phi) is 7.75. The maximum atomic E-state index is 13.8. The molecule has 1 amide bonds. The third-order valence-electron chi connectivity index (χ3n) is 8.05. The summed E-state index contributed by atoms with van der Waals surface area (Å²) in [5.41, 5.74) is -2.02. The van der Waals surface area contributed by atoms with Gasteiger partial charge in [0.2, 0.25) is 0 Å². The Balaban J connectivity index is 1.17. The number of ether oxygens (including phenoxy) is 1. The fraction of sp³-hybridized carbons (Fsp3) is 0.500. The standard InChI is InChI=1S/C28H30F5N3O4/c29-19-10-16(9-18(11-19)28(31,32)33)13-34-26(39)27(17-1-2-17)7-5-22(15-40-27)36-8-6-21(14-36)35-20-3-4-24(30)23(12-20)25(37)38/h3-4,9-12,17,21-22,35H,1-2,5-8,13-15H2,(H,34,39)(H,37,38)/t21-,22+,27-/m0/s1. The monoisotopic (exact) mass is 567 g/mol. The molecule has 40 heavy (non-hydrogen) atoms. The van der Waals surface area contributed by atoms with Crippen LogP contribution in [0, 0.1) is 17.6 Å². The van der Waals surface area contributed by atoms with E-state index in [1.165, 1.54) is 12.1 Å². The highest BCUT2D eigenvalue weighted by Crippen LogP contribution is 2.47. The molecule has 2 aromatic rings. The number of aromatic carboxylic acids is 1. The summed E-state index contributed by atoms with van der Waals surface area (Å²) in [4.78, 5) is 26.8. The van der Waals surface area contributed by atoms with Gasteiger partial charge >= 0.3 is 12.1 Å². The summed E-state index contributed by atoms with van der Waals surface area (Å²) < 4.78 is 72.9. The number of hydrogen-bond donors (Lipinski definition) is 3. The van der Waals surface area contributed by atoms with Gasteiger partial charge in [-0.05, 0) is 80.0 Å². The number of alkyl halides is 3. The first-order chi connectivity index (χ1) is 18.9. The van der Waals surface area contributed by atoms with E-state index in [1.807, 2.05) is 0 Å². The molecule has 2 saturated heterocycles. The molecule has 0 aromatic heterocycles. The molecule has 216 valence electrons. The van der Waals surface area contributed by atoms with Gasteiger partial charge in [-0.3, -0.25) is 9.69 Å². The lowest BCUT2D eigenvalue weighted by Crippen LogP contribution is -2.56. The van der Waals surface area contributed by atoms with Crippen molar-refractivity contribution in [1.29, 1.82) is 0 Å². The second-order valence-corrected chi connectivity index (χ2v) is 10.8. The number of likely N-dealkylation sites (tertiary alicyclic amines) is 1. The summed E-state index contributed by atoms with van der Waals surface area (Å²) in [7, 11) is 0. The molecule has 5 rings (SSSR count). The minimum atomic E-state index is -4.69. The molecule has 2 aromatic carbocycles. The summed E-state index contributed by atoms with van der Waals surface area (Å²) in [6.45, 7) is 1.50. The Morgan fingerprint density at radius 1 is 1.07 bits per heavy atom. The molecule has 0 radical (unpaired) electrons. The Morgan fingerprint density at radius 2 is 1.85 bits per heavy atom. The first-order valence-corrected chi connectivity index (χ1v) is 13.3. The topological polar surface area (TPSA) is 90.9 Å². The van der Waals surface area contributed by atoms with Crippen molar-refractivity contribution in [2.45, 2.75) is 62.5 Å². The molecule has 3 N–H and O–H groups in total. The van der Waals surface area contributed by atoms with Crippen LogP contribution in [0.3, 0.4) is 0 Å². The van der Waals surface area contributed by atoms with Crippen LogP contribution in [0.1, 0.15) is 53.6 Å². The number of carboxylic acid groups (broad SMARTS) is 1. The third kappa shape index (κ3) is 6.07. The zero-order valence-corrected chi connectivity index (χ0v) is 21.6. The molecule has 0 bridgehead atoms. The number of carbonyl (C=O) groups is 2. The van der Waals surface area contributed by atoms with Crippen LogP contribution in [-0.2, 0) is 22.3 Å². The molecule has 1 aliphatic carbocycles. The molecular formula is C28H30F5N3O4. The molecule has 1 saturated carbocycles.